The van der Waals surface area contributed by atoms with Crippen molar-refractivity contribution in [2.24, 2.45) is 0 Å². The van der Waals surface area contributed by atoms with Gasteiger partial charge in [0, 0.05) is 45.3 Å². The Bertz CT molecular complexity index is 869. The van der Waals surface area contributed by atoms with Crippen molar-refractivity contribution in [2.45, 2.75) is 6.10 Å². The molecule has 0 aliphatic carbocycles. The summed E-state index contributed by atoms with van der Waals surface area (Å²) in [5, 5.41) is 19.5. The number of methoxy groups -OCH3 is 1. The Kier molecular flexibility index (Phi) is 7.14. The minimum Gasteiger partial charge on any atom is -0.497 e. The van der Waals surface area contributed by atoms with E-state index >= 15 is 0 Å². The maximum absolute atomic E-state index is 10.5. The zero-order valence-electron chi connectivity index (χ0n) is 17.8. The molecule has 1 unspecified atom stereocenters. The highest BCUT2D eigenvalue weighted by atomic mass is 16.7. The second kappa shape index (κ2) is 10.2. The fourth-order valence-corrected chi connectivity index (χ4v) is 3.90. The van der Waals surface area contributed by atoms with Gasteiger partial charge in [-0.3, -0.25) is 9.80 Å². The molecule has 1 saturated heterocycles. The topological polar surface area (TPSA) is 83.9 Å². The van der Waals surface area contributed by atoms with E-state index in [0.29, 0.717) is 24.6 Å². The summed E-state index contributed by atoms with van der Waals surface area (Å²) in [6.07, 6.45) is -0.593. The number of piperazine rings is 1. The molecular formula is C23H30N2O6. The first-order valence-corrected chi connectivity index (χ1v) is 10.6. The van der Waals surface area contributed by atoms with E-state index in [1.807, 2.05) is 36.4 Å². The quantitative estimate of drug-likeness (QED) is 0.619. The molecule has 0 spiro atoms. The summed E-state index contributed by atoms with van der Waals surface area (Å²) >= 11 is 0. The van der Waals surface area contributed by atoms with Crippen LogP contribution in [0.5, 0.6) is 23.0 Å². The van der Waals surface area contributed by atoms with E-state index in [2.05, 4.69) is 9.80 Å². The lowest BCUT2D eigenvalue weighted by atomic mass is 10.0. The van der Waals surface area contributed by atoms with Crippen molar-refractivity contribution in [3.63, 3.8) is 0 Å². The van der Waals surface area contributed by atoms with Crippen LogP contribution in [-0.2, 0) is 0 Å². The molecule has 2 aromatic rings. The SMILES string of the molecule is COc1cc(OCC(O)CN2CCN(CCO)CC2)cc(-c2ccc3c(c2)OCO3)c1. The Hall–Kier alpha value is -2.52. The number of ether oxygens (including phenoxy) is 4. The van der Waals surface area contributed by atoms with Crippen LogP contribution in [0, 0.1) is 0 Å². The molecule has 0 radical (unpaired) electrons. The number of nitrogens with zero attached hydrogens (tertiary/aromatic N) is 2. The molecule has 31 heavy (non-hydrogen) atoms. The average molecular weight is 431 g/mol. The predicted molar refractivity (Wildman–Crippen MR) is 116 cm³/mol. The van der Waals surface area contributed by atoms with Crippen molar-refractivity contribution >= 4 is 0 Å². The average Bonchev–Trinajstić information content (AvgIpc) is 3.27. The summed E-state index contributed by atoms with van der Waals surface area (Å²) in [7, 11) is 1.62. The van der Waals surface area contributed by atoms with Crippen LogP contribution in [-0.4, -0.2) is 92.5 Å². The van der Waals surface area contributed by atoms with E-state index in [0.717, 1.165) is 48.8 Å². The Morgan fingerprint density at radius 1 is 0.935 bits per heavy atom. The molecule has 2 N–H and O–H groups in total. The summed E-state index contributed by atoms with van der Waals surface area (Å²) in [6.45, 7) is 5.46. The molecule has 1 fully saturated rings. The number of hydrogen-bond donors (Lipinski definition) is 2. The first kappa shape index (κ1) is 21.7. The van der Waals surface area contributed by atoms with E-state index in [1.165, 1.54) is 0 Å². The zero-order chi connectivity index (χ0) is 21.6. The molecule has 2 aliphatic heterocycles. The van der Waals surface area contributed by atoms with Gasteiger partial charge in [-0.05, 0) is 35.4 Å². The van der Waals surface area contributed by atoms with E-state index in [9.17, 15) is 5.11 Å². The normalized spacial score (nSPS) is 17.5. The Morgan fingerprint density at radius 2 is 1.68 bits per heavy atom. The van der Waals surface area contributed by atoms with Crippen LogP contribution in [0.4, 0.5) is 0 Å². The largest absolute Gasteiger partial charge is 0.497 e. The molecule has 0 aromatic heterocycles. The van der Waals surface area contributed by atoms with Crippen LogP contribution in [0.1, 0.15) is 0 Å². The molecule has 1 atom stereocenters. The lowest BCUT2D eigenvalue weighted by molar-refractivity contribution is 0.0428. The van der Waals surface area contributed by atoms with Gasteiger partial charge in [0.2, 0.25) is 6.79 Å². The fraction of sp³-hybridized carbons (Fsp3) is 0.478. The van der Waals surface area contributed by atoms with Gasteiger partial charge in [0.15, 0.2) is 11.5 Å². The molecule has 8 nitrogen and oxygen atoms in total. The third-order valence-electron chi connectivity index (χ3n) is 5.61. The maximum Gasteiger partial charge on any atom is 0.231 e. The van der Waals surface area contributed by atoms with Crippen molar-refractivity contribution in [3.8, 4) is 34.1 Å². The van der Waals surface area contributed by atoms with Gasteiger partial charge < -0.3 is 29.2 Å². The molecular weight excluding hydrogens is 400 g/mol. The molecule has 2 aliphatic rings. The van der Waals surface area contributed by atoms with Crippen molar-refractivity contribution in [1.29, 1.82) is 0 Å². The summed E-state index contributed by atoms with van der Waals surface area (Å²) in [6, 6.07) is 11.5. The summed E-state index contributed by atoms with van der Waals surface area (Å²) < 4.78 is 22.2. The number of hydrogen-bond acceptors (Lipinski definition) is 8. The van der Waals surface area contributed by atoms with Gasteiger partial charge in [0.25, 0.3) is 0 Å². The first-order chi connectivity index (χ1) is 15.1. The molecule has 0 bridgehead atoms. The van der Waals surface area contributed by atoms with Gasteiger partial charge in [-0.25, -0.2) is 0 Å². The van der Waals surface area contributed by atoms with Crippen LogP contribution >= 0.6 is 0 Å². The number of β-amino-alcohol motifs (C(OH)–C–C–N with tert-alkyl or cyclic N) is 2. The standard InChI is InChI=1S/C23H30N2O6/c1-28-20-10-18(17-2-3-22-23(12-17)31-16-30-22)11-21(13-20)29-15-19(27)14-25-6-4-24(5-7-25)8-9-26/h2-3,10-13,19,26-27H,4-9,14-16H2,1H3. The van der Waals surface area contributed by atoms with Gasteiger partial charge in [0.05, 0.1) is 13.7 Å². The number of aliphatic hydroxyl groups is 2. The molecule has 168 valence electrons. The molecule has 8 heteroatoms. The van der Waals surface area contributed by atoms with Gasteiger partial charge in [0.1, 0.15) is 24.2 Å². The Morgan fingerprint density at radius 3 is 2.45 bits per heavy atom. The van der Waals surface area contributed by atoms with E-state index in [1.54, 1.807) is 7.11 Å². The van der Waals surface area contributed by atoms with Gasteiger partial charge >= 0.3 is 0 Å². The highest BCUT2D eigenvalue weighted by molar-refractivity contribution is 5.70. The van der Waals surface area contributed by atoms with Crippen LogP contribution in [0.25, 0.3) is 11.1 Å². The summed E-state index contributed by atoms with van der Waals surface area (Å²) in [5.41, 5.74) is 1.90. The fourth-order valence-electron chi connectivity index (χ4n) is 3.90. The number of benzene rings is 2. The Labute approximate surface area is 182 Å². The first-order valence-electron chi connectivity index (χ1n) is 10.6. The van der Waals surface area contributed by atoms with Crippen LogP contribution in [0.15, 0.2) is 36.4 Å². The minimum absolute atomic E-state index is 0.186. The van der Waals surface area contributed by atoms with Crippen molar-refractivity contribution in [2.75, 3.05) is 66.4 Å². The Balaban J connectivity index is 1.35. The molecule has 4 rings (SSSR count). The highest BCUT2D eigenvalue weighted by Crippen LogP contribution is 2.37. The van der Waals surface area contributed by atoms with E-state index in [-0.39, 0.29) is 20.0 Å². The lowest BCUT2D eigenvalue weighted by Gasteiger charge is -2.35. The maximum atomic E-state index is 10.5. The van der Waals surface area contributed by atoms with Gasteiger partial charge in [-0.1, -0.05) is 6.07 Å². The second-order valence-electron chi connectivity index (χ2n) is 7.80. The molecule has 2 heterocycles. The van der Waals surface area contributed by atoms with Crippen LogP contribution in [0.3, 0.4) is 0 Å². The third kappa shape index (κ3) is 5.59. The molecule has 0 amide bonds. The van der Waals surface area contributed by atoms with Crippen LogP contribution in [0.2, 0.25) is 0 Å². The predicted octanol–water partition coefficient (Wildman–Crippen LogP) is 1.44. The zero-order valence-corrected chi connectivity index (χ0v) is 17.8. The van der Waals surface area contributed by atoms with Crippen LogP contribution < -0.4 is 18.9 Å². The van der Waals surface area contributed by atoms with E-state index in [4.69, 9.17) is 24.1 Å². The number of fused-ring (bicyclic) bond motifs is 1. The van der Waals surface area contributed by atoms with Crippen molar-refractivity contribution in [3.05, 3.63) is 36.4 Å². The smallest absolute Gasteiger partial charge is 0.231 e. The minimum atomic E-state index is -0.593. The highest BCUT2D eigenvalue weighted by Gasteiger charge is 2.19. The lowest BCUT2D eigenvalue weighted by Crippen LogP contribution is -2.49. The molecule has 2 aromatic carbocycles. The molecule has 0 saturated carbocycles. The van der Waals surface area contributed by atoms with Gasteiger partial charge in [-0.15, -0.1) is 0 Å². The van der Waals surface area contributed by atoms with E-state index < -0.39 is 6.10 Å². The summed E-state index contributed by atoms with van der Waals surface area (Å²) in [4.78, 5) is 4.46. The van der Waals surface area contributed by atoms with Crippen molar-refractivity contribution < 1.29 is 29.2 Å². The third-order valence-corrected chi connectivity index (χ3v) is 5.61. The summed E-state index contributed by atoms with van der Waals surface area (Å²) in [5.74, 6) is 2.78. The number of rotatable bonds is 9. The van der Waals surface area contributed by atoms with Crippen molar-refractivity contribution in [1.82, 2.24) is 9.80 Å². The monoisotopic (exact) mass is 430 g/mol. The van der Waals surface area contributed by atoms with Gasteiger partial charge in [-0.2, -0.15) is 0 Å². The second-order valence-corrected chi connectivity index (χ2v) is 7.80. The number of aliphatic hydroxyl groups excluding tert-OH is 2.